The zero-order valence-electron chi connectivity index (χ0n) is 27.7. The second-order valence-corrected chi connectivity index (χ2v) is 11.9. The zero-order chi connectivity index (χ0) is 33.2. The summed E-state index contributed by atoms with van der Waals surface area (Å²) in [5, 5.41) is 6.32. The fraction of sp³-hybridized carbons (Fsp3) is 0.543. The molecule has 1 aliphatic heterocycles. The number of methoxy groups -OCH3 is 4. The maximum absolute atomic E-state index is 13.5. The number of anilines is 1. The Morgan fingerprint density at radius 3 is 2.30 bits per heavy atom. The minimum absolute atomic E-state index is 0.154. The molecule has 46 heavy (non-hydrogen) atoms. The van der Waals surface area contributed by atoms with Crippen LogP contribution in [-0.4, -0.2) is 70.8 Å². The van der Waals surface area contributed by atoms with Gasteiger partial charge in [0.25, 0.3) is 0 Å². The molecule has 11 heteroatoms. The van der Waals surface area contributed by atoms with Gasteiger partial charge in [-0.1, -0.05) is 12.5 Å². The standard InChI is InChI=1S/C35H47N3O8/c1-22(39)37-27-12-10-24-20-30(43-2)34(45-4)35(46-5)33(24)25-11-13-28(29(40)21-26(25)27)36-16-8-6-7-9-31(41)38-17-14-23(15-18-38)19-32(42)44-3/h11,13,20-21,23,27H,6-10,12,14-19H2,1-5H3,(H,36,40)(H,37,39). The fourth-order valence-electron chi connectivity index (χ4n) is 6.52. The number of nitrogens with zero attached hydrogens (tertiary/aromatic N) is 1. The van der Waals surface area contributed by atoms with E-state index in [0.29, 0.717) is 73.8 Å². The molecule has 0 bridgehead atoms. The Balaban J connectivity index is 1.42. The number of nitrogens with one attached hydrogen (secondary N) is 2. The minimum atomic E-state index is -0.370. The van der Waals surface area contributed by atoms with Gasteiger partial charge in [0.1, 0.15) is 0 Å². The minimum Gasteiger partial charge on any atom is -0.493 e. The number of rotatable bonds is 13. The third kappa shape index (κ3) is 8.30. The Kier molecular flexibility index (Phi) is 12.3. The summed E-state index contributed by atoms with van der Waals surface area (Å²) < 4.78 is 21.9. The van der Waals surface area contributed by atoms with Gasteiger partial charge in [-0.2, -0.15) is 0 Å². The summed E-state index contributed by atoms with van der Waals surface area (Å²) >= 11 is 0. The summed E-state index contributed by atoms with van der Waals surface area (Å²) in [6.45, 7) is 3.42. The number of aryl methyl sites for hydroxylation is 1. The van der Waals surface area contributed by atoms with Crippen molar-refractivity contribution in [3.05, 3.63) is 45.6 Å². The molecule has 0 aromatic heterocycles. The lowest BCUT2D eigenvalue weighted by molar-refractivity contribution is -0.142. The van der Waals surface area contributed by atoms with Crippen LogP contribution >= 0.6 is 0 Å². The van der Waals surface area contributed by atoms with Gasteiger partial charge < -0.3 is 34.5 Å². The number of benzene rings is 1. The Morgan fingerprint density at radius 1 is 0.913 bits per heavy atom. The van der Waals surface area contributed by atoms with Gasteiger partial charge >= 0.3 is 5.97 Å². The quantitative estimate of drug-likeness (QED) is 0.238. The summed E-state index contributed by atoms with van der Waals surface area (Å²) in [7, 11) is 6.11. The van der Waals surface area contributed by atoms with Crippen LogP contribution in [-0.2, 0) is 25.5 Å². The van der Waals surface area contributed by atoms with Crippen molar-refractivity contribution in [2.24, 2.45) is 5.92 Å². The molecule has 0 spiro atoms. The molecule has 11 nitrogen and oxygen atoms in total. The highest BCUT2D eigenvalue weighted by Gasteiger charge is 2.29. The summed E-state index contributed by atoms with van der Waals surface area (Å²) in [6, 6.07) is 6.85. The summed E-state index contributed by atoms with van der Waals surface area (Å²) in [5.74, 6) is 1.58. The van der Waals surface area contributed by atoms with Gasteiger partial charge in [-0.15, -0.1) is 0 Å². The molecule has 2 amide bonds. The third-order valence-electron chi connectivity index (χ3n) is 8.95. The Hall–Kier alpha value is -4.28. The van der Waals surface area contributed by atoms with Crippen molar-refractivity contribution in [3.63, 3.8) is 0 Å². The lowest BCUT2D eigenvalue weighted by Crippen LogP contribution is -2.38. The molecule has 2 aromatic carbocycles. The van der Waals surface area contributed by atoms with E-state index in [9.17, 15) is 19.2 Å². The predicted molar refractivity (Wildman–Crippen MR) is 176 cm³/mol. The number of likely N-dealkylation sites (tertiary alicyclic amines) is 1. The number of amides is 2. The Bertz CT molecular complexity index is 1470. The van der Waals surface area contributed by atoms with Gasteiger partial charge in [0.05, 0.1) is 40.2 Å². The molecule has 250 valence electrons. The maximum atomic E-state index is 13.5. The summed E-state index contributed by atoms with van der Waals surface area (Å²) in [5.41, 5.74) is 3.55. The lowest BCUT2D eigenvalue weighted by atomic mass is 9.93. The number of ether oxygens (including phenoxy) is 4. The monoisotopic (exact) mass is 637 g/mol. The topological polar surface area (TPSA) is 132 Å². The van der Waals surface area contributed by atoms with Crippen LogP contribution in [0.5, 0.6) is 17.2 Å². The highest BCUT2D eigenvalue weighted by atomic mass is 16.5. The Labute approximate surface area is 270 Å². The van der Waals surface area contributed by atoms with E-state index < -0.39 is 0 Å². The number of piperidine rings is 1. The molecule has 1 unspecified atom stereocenters. The fourth-order valence-corrected chi connectivity index (χ4v) is 6.52. The van der Waals surface area contributed by atoms with Crippen LogP contribution in [0.4, 0.5) is 5.69 Å². The third-order valence-corrected chi connectivity index (χ3v) is 8.95. The van der Waals surface area contributed by atoms with Crippen molar-refractivity contribution >= 4 is 23.5 Å². The number of fused-ring (bicyclic) bond motifs is 3. The Morgan fingerprint density at radius 2 is 1.65 bits per heavy atom. The van der Waals surface area contributed by atoms with Crippen LogP contribution in [0, 0.1) is 5.92 Å². The second kappa shape index (κ2) is 16.3. The van der Waals surface area contributed by atoms with Crippen molar-refractivity contribution in [2.45, 2.75) is 70.8 Å². The van der Waals surface area contributed by atoms with Crippen LogP contribution < -0.4 is 30.3 Å². The van der Waals surface area contributed by atoms with Gasteiger partial charge in [-0.25, -0.2) is 0 Å². The molecule has 0 saturated carbocycles. The van der Waals surface area contributed by atoms with Crippen LogP contribution in [0.1, 0.15) is 75.5 Å². The first-order valence-electron chi connectivity index (χ1n) is 16.1. The molecule has 1 heterocycles. The average molecular weight is 638 g/mol. The highest BCUT2D eigenvalue weighted by molar-refractivity contribution is 5.84. The maximum Gasteiger partial charge on any atom is 0.305 e. The molecule has 1 aliphatic carbocycles. The van der Waals surface area contributed by atoms with Gasteiger partial charge in [0.2, 0.25) is 23.0 Å². The van der Waals surface area contributed by atoms with Crippen molar-refractivity contribution in [1.29, 1.82) is 0 Å². The first-order valence-corrected chi connectivity index (χ1v) is 16.1. The normalized spacial score (nSPS) is 15.9. The van der Waals surface area contributed by atoms with Crippen molar-refractivity contribution in [2.75, 3.05) is 53.4 Å². The molecular weight excluding hydrogens is 590 g/mol. The van der Waals surface area contributed by atoms with Crippen LogP contribution in [0.25, 0.3) is 11.1 Å². The van der Waals surface area contributed by atoms with Crippen LogP contribution in [0.2, 0.25) is 0 Å². The number of carbonyl (C=O) groups excluding carboxylic acids is 3. The van der Waals surface area contributed by atoms with Gasteiger partial charge in [0, 0.05) is 45.0 Å². The molecule has 1 atom stereocenters. The van der Waals surface area contributed by atoms with E-state index in [4.69, 9.17) is 18.9 Å². The van der Waals surface area contributed by atoms with E-state index in [2.05, 4.69) is 10.6 Å². The van der Waals surface area contributed by atoms with Gasteiger partial charge in [-0.3, -0.25) is 19.2 Å². The molecule has 0 radical (unpaired) electrons. The molecule has 1 fully saturated rings. The highest BCUT2D eigenvalue weighted by Crippen LogP contribution is 2.50. The van der Waals surface area contributed by atoms with E-state index in [1.807, 2.05) is 17.0 Å². The summed E-state index contributed by atoms with van der Waals surface area (Å²) in [4.78, 5) is 51.8. The molecule has 1 saturated heterocycles. The number of hydrogen-bond acceptors (Lipinski definition) is 9. The number of unbranched alkanes of at least 4 members (excludes halogenated alkanes) is 2. The molecular formula is C35H47N3O8. The number of carbonyl (C=O) groups is 3. The molecule has 2 aromatic rings. The van der Waals surface area contributed by atoms with Gasteiger partial charge in [0.15, 0.2) is 11.5 Å². The first-order chi connectivity index (χ1) is 22.2. The van der Waals surface area contributed by atoms with Crippen molar-refractivity contribution < 1.29 is 33.3 Å². The van der Waals surface area contributed by atoms with E-state index in [1.54, 1.807) is 33.5 Å². The van der Waals surface area contributed by atoms with Gasteiger partial charge in [-0.05, 0) is 79.3 Å². The first kappa shape index (κ1) is 34.6. The van der Waals surface area contributed by atoms with E-state index in [-0.39, 0.29) is 35.2 Å². The second-order valence-electron chi connectivity index (χ2n) is 11.9. The van der Waals surface area contributed by atoms with E-state index in [1.165, 1.54) is 14.0 Å². The lowest BCUT2D eigenvalue weighted by Gasteiger charge is -2.31. The molecule has 2 N–H and O–H groups in total. The van der Waals surface area contributed by atoms with E-state index >= 15 is 0 Å². The van der Waals surface area contributed by atoms with Crippen LogP contribution in [0.15, 0.2) is 29.1 Å². The largest absolute Gasteiger partial charge is 0.493 e. The number of hydrogen-bond donors (Lipinski definition) is 2. The predicted octanol–water partition coefficient (Wildman–Crippen LogP) is 4.64. The SMILES string of the molecule is COC(=O)CC1CCN(C(=O)CCCCCNc2ccc3c(cc2=O)C(NC(C)=O)CCc2cc(OC)c(OC)c(OC)c2-3)CC1. The zero-order valence-corrected chi connectivity index (χ0v) is 27.7. The van der Waals surface area contributed by atoms with Crippen LogP contribution in [0.3, 0.4) is 0 Å². The molecule has 2 aliphatic rings. The summed E-state index contributed by atoms with van der Waals surface area (Å²) in [6.07, 6.45) is 6.19. The van der Waals surface area contributed by atoms with Crippen molar-refractivity contribution in [1.82, 2.24) is 10.2 Å². The average Bonchev–Trinajstić information content (AvgIpc) is 3.29. The molecule has 4 rings (SSSR count). The van der Waals surface area contributed by atoms with E-state index in [0.717, 1.165) is 48.8 Å². The van der Waals surface area contributed by atoms with Crippen molar-refractivity contribution in [3.8, 4) is 28.4 Å². The smallest absolute Gasteiger partial charge is 0.305 e. The number of esters is 1.